The third-order valence-corrected chi connectivity index (χ3v) is 6.57. The van der Waals surface area contributed by atoms with Crippen LogP contribution in [0.5, 0.6) is 0 Å². The number of rotatable bonds is 4. The molecule has 1 aliphatic heterocycles. The quantitative estimate of drug-likeness (QED) is 0.857. The van der Waals surface area contributed by atoms with Crippen molar-refractivity contribution in [3.63, 3.8) is 0 Å². The molecule has 0 atom stereocenters. The second-order valence-corrected chi connectivity index (χ2v) is 7.95. The van der Waals surface area contributed by atoms with Crippen LogP contribution in [-0.4, -0.2) is 8.42 Å². The Bertz CT molecular complexity index is 819. The van der Waals surface area contributed by atoms with Crippen LogP contribution in [0.3, 0.4) is 0 Å². The molecule has 2 N–H and O–H groups in total. The van der Waals surface area contributed by atoms with Crippen molar-refractivity contribution >= 4 is 26.0 Å². The summed E-state index contributed by atoms with van der Waals surface area (Å²) in [6.07, 6.45) is 0. The van der Waals surface area contributed by atoms with Crippen LogP contribution < -0.4 is 10.0 Å². The first-order valence-electron chi connectivity index (χ1n) is 7.03. The Morgan fingerprint density at radius 2 is 1.95 bits per heavy atom. The van der Waals surface area contributed by atoms with Crippen molar-refractivity contribution in [2.24, 2.45) is 0 Å². The van der Waals surface area contributed by atoms with Crippen molar-refractivity contribution in [2.75, 3.05) is 0 Å². The molecule has 4 nitrogen and oxygen atoms in total. The maximum atomic E-state index is 12.5. The first-order chi connectivity index (χ1) is 10.5. The molecule has 0 bridgehead atoms. The van der Waals surface area contributed by atoms with E-state index >= 15 is 0 Å². The highest BCUT2D eigenvalue weighted by molar-refractivity contribution is 9.10. The van der Waals surface area contributed by atoms with Crippen molar-refractivity contribution in [1.82, 2.24) is 10.0 Å². The summed E-state index contributed by atoms with van der Waals surface area (Å²) in [5.41, 5.74) is 4.39. The van der Waals surface area contributed by atoms with E-state index in [-0.39, 0.29) is 11.4 Å². The predicted molar refractivity (Wildman–Crippen MR) is 89.9 cm³/mol. The van der Waals surface area contributed by atoms with Gasteiger partial charge < -0.3 is 5.32 Å². The zero-order valence-electron chi connectivity index (χ0n) is 12.2. The average Bonchev–Trinajstić information content (AvgIpc) is 2.95. The number of hydrogen-bond donors (Lipinski definition) is 2. The van der Waals surface area contributed by atoms with Crippen molar-refractivity contribution in [1.29, 1.82) is 0 Å². The van der Waals surface area contributed by atoms with E-state index < -0.39 is 10.0 Å². The van der Waals surface area contributed by atoms with Gasteiger partial charge in [0.15, 0.2) is 0 Å². The van der Waals surface area contributed by atoms with E-state index in [9.17, 15) is 8.42 Å². The Labute approximate surface area is 139 Å². The van der Waals surface area contributed by atoms with Gasteiger partial charge in [-0.3, -0.25) is 0 Å². The first kappa shape index (κ1) is 15.7. The maximum Gasteiger partial charge on any atom is 0.242 e. The molecule has 0 saturated carbocycles. The highest BCUT2D eigenvalue weighted by Gasteiger charge is 2.18. The van der Waals surface area contributed by atoms with Crippen LogP contribution in [0.15, 0.2) is 45.8 Å². The summed E-state index contributed by atoms with van der Waals surface area (Å²) in [4.78, 5) is 0.273. The summed E-state index contributed by atoms with van der Waals surface area (Å²) in [7, 11) is -3.54. The van der Waals surface area contributed by atoms with Crippen LogP contribution in [0.1, 0.15) is 22.3 Å². The molecule has 2 aromatic rings. The standard InChI is InChI=1S/C16H17BrN2O2S/c1-11-3-2-4-15(16(11)17)22(20,21)19-8-12-5-6-13-9-18-10-14(13)7-12/h2-7,18-19H,8-10H2,1H3. The lowest BCUT2D eigenvalue weighted by molar-refractivity contribution is 0.580. The number of sulfonamides is 1. The Kier molecular flexibility index (Phi) is 4.36. The highest BCUT2D eigenvalue weighted by Crippen LogP contribution is 2.25. The first-order valence-corrected chi connectivity index (χ1v) is 9.31. The van der Waals surface area contributed by atoms with E-state index in [2.05, 4.69) is 38.1 Å². The van der Waals surface area contributed by atoms with Gasteiger partial charge in [0.25, 0.3) is 0 Å². The molecular formula is C16H17BrN2O2S. The minimum Gasteiger partial charge on any atom is -0.309 e. The van der Waals surface area contributed by atoms with E-state index in [0.29, 0.717) is 4.47 Å². The molecule has 6 heteroatoms. The molecular weight excluding hydrogens is 364 g/mol. The Morgan fingerprint density at radius 1 is 1.18 bits per heavy atom. The van der Waals surface area contributed by atoms with E-state index in [4.69, 9.17) is 0 Å². The van der Waals surface area contributed by atoms with Gasteiger partial charge in [-0.1, -0.05) is 30.3 Å². The lowest BCUT2D eigenvalue weighted by atomic mass is 10.1. The van der Waals surface area contributed by atoms with Crippen LogP contribution in [-0.2, 0) is 29.7 Å². The Morgan fingerprint density at radius 3 is 2.77 bits per heavy atom. The zero-order valence-corrected chi connectivity index (χ0v) is 14.6. The van der Waals surface area contributed by atoms with Crippen molar-refractivity contribution < 1.29 is 8.42 Å². The molecule has 0 radical (unpaired) electrons. The lowest BCUT2D eigenvalue weighted by Gasteiger charge is -2.10. The van der Waals surface area contributed by atoms with Gasteiger partial charge in [0.05, 0.1) is 4.90 Å². The molecule has 0 aliphatic carbocycles. The highest BCUT2D eigenvalue weighted by atomic mass is 79.9. The summed E-state index contributed by atoms with van der Waals surface area (Å²) in [5.74, 6) is 0. The SMILES string of the molecule is Cc1cccc(S(=O)(=O)NCc2ccc3c(c2)CNC3)c1Br. The molecule has 1 aliphatic rings. The van der Waals surface area contributed by atoms with Crippen molar-refractivity contribution in [3.05, 3.63) is 63.1 Å². The lowest BCUT2D eigenvalue weighted by Crippen LogP contribution is -2.23. The van der Waals surface area contributed by atoms with Crippen LogP contribution in [0, 0.1) is 6.92 Å². The summed E-state index contributed by atoms with van der Waals surface area (Å²) in [5, 5.41) is 3.28. The van der Waals surface area contributed by atoms with E-state index in [1.165, 1.54) is 11.1 Å². The van der Waals surface area contributed by atoms with Gasteiger partial charge in [0.2, 0.25) is 10.0 Å². The van der Waals surface area contributed by atoms with Gasteiger partial charge in [-0.15, -0.1) is 0 Å². The van der Waals surface area contributed by atoms with Gasteiger partial charge in [-0.2, -0.15) is 0 Å². The minimum absolute atomic E-state index is 0.273. The molecule has 0 spiro atoms. The van der Waals surface area contributed by atoms with Gasteiger partial charge in [0.1, 0.15) is 0 Å². The summed E-state index contributed by atoms with van der Waals surface area (Å²) >= 11 is 3.36. The predicted octanol–water partition coefficient (Wildman–Crippen LogP) is 2.84. The van der Waals surface area contributed by atoms with Crippen LogP contribution in [0.2, 0.25) is 0 Å². The zero-order chi connectivity index (χ0) is 15.7. The summed E-state index contributed by atoms with van der Waals surface area (Å²) in [6, 6.07) is 11.3. The fraction of sp³-hybridized carbons (Fsp3) is 0.250. The normalized spacial score (nSPS) is 14.1. The molecule has 0 saturated heterocycles. The number of benzene rings is 2. The number of halogens is 1. The summed E-state index contributed by atoms with van der Waals surface area (Å²) < 4.78 is 28.2. The van der Waals surface area contributed by atoms with E-state index in [1.807, 2.05) is 19.1 Å². The van der Waals surface area contributed by atoms with Crippen LogP contribution in [0.4, 0.5) is 0 Å². The topological polar surface area (TPSA) is 58.2 Å². The molecule has 0 unspecified atom stereocenters. The molecule has 0 fully saturated rings. The largest absolute Gasteiger partial charge is 0.309 e. The Hall–Kier alpha value is -1.21. The molecule has 3 rings (SSSR count). The van der Waals surface area contributed by atoms with Crippen molar-refractivity contribution in [2.45, 2.75) is 31.5 Å². The second-order valence-electron chi connectivity index (χ2n) is 5.42. The smallest absolute Gasteiger partial charge is 0.242 e. The number of fused-ring (bicyclic) bond motifs is 1. The minimum atomic E-state index is -3.54. The van der Waals surface area contributed by atoms with Gasteiger partial charge in [0, 0.05) is 24.1 Å². The number of hydrogen-bond acceptors (Lipinski definition) is 3. The maximum absolute atomic E-state index is 12.5. The van der Waals surface area contributed by atoms with Gasteiger partial charge in [-0.05, 0) is 51.2 Å². The second kappa shape index (κ2) is 6.12. The van der Waals surface area contributed by atoms with E-state index in [1.54, 1.807) is 12.1 Å². The molecule has 1 heterocycles. The summed E-state index contributed by atoms with van der Waals surface area (Å²) in [6.45, 7) is 3.89. The molecule has 0 amide bonds. The number of aryl methyl sites for hydroxylation is 1. The molecule has 116 valence electrons. The van der Waals surface area contributed by atoms with Gasteiger partial charge in [-0.25, -0.2) is 13.1 Å². The van der Waals surface area contributed by atoms with Crippen LogP contribution in [0.25, 0.3) is 0 Å². The molecule has 2 aromatic carbocycles. The molecule has 0 aromatic heterocycles. The third-order valence-electron chi connectivity index (χ3n) is 3.81. The monoisotopic (exact) mass is 380 g/mol. The fourth-order valence-electron chi connectivity index (χ4n) is 2.54. The fourth-order valence-corrected chi connectivity index (χ4v) is 4.61. The Balaban J connectivity index is 1.79. The van der Waals surface area contributed by atoms with Crippen molar-refractivity contribution in [3.8, 4) is 0 Å². The average molecular weight is 381 g/mol. The molecule has 22 heavy (non-hydrogen) atoms. The van der Waals surface area contributed by atoms with Crippen LogP contribution >= 0.6 is 15.9 Å². The number of nitrogens with one attached hydrogen (secondary N) is 2. The van der Waals surface area contributed by atoms with Gasteiger partial charge >= 0.3 is 0 Å². The van der Waals surface area contributed by atoms with E-state index in [0.717, 1.165) is 24.2 Å². The third kappa shape index (κ3) is 3.10.